The molecule has 0 bridgehead atoms. The molecule has 18 heavy (non-hydrogen) atoms. The summed E-state index contributed by atoms with van der Waals surface area (Å²) >= 11 is 6.94. The second-order valence-corrected chi connectivity index (χ2v) is 6.01. The van der Waals surface area contributed by atoms with Crippen LogP contribution in [0.1, 0.15) is 24.1 Å². The predicted molar refractivity (Wildman–Crippen MR) is 82.9 cm³/mol. The molecule has 0 fully saturated rings. The minimum absolute atomic E-state index is 0.218. The normalized spacial score (nSPS) is 12.2. The van der Waals surface area contributed by atoms with Crippen LogP contribution < -0.4 is 5.32 Å². The Labute approximate surface area is 124 Å². The molecule has 0 saturated heterocycles. The highest BCUT2D eigenvalue weighted by Crippen LogP contribution is 2.23. The number of hydrogen-bond acceptors (Lipinski definition) is 2. The quantitative estimate of drug-likeness (QED) is 0.815. The van der Waals surface area contributed by atoms with Crippen molar-refractivity contribution >= 4 is 37.7 Å². The van der Waals surface area contributed by atoms with E-state index in [0.29, 0.717) is 0 Å². The highest BCUT2D eigenvalue weighted by Gasteiger charge is 2.07. The molecule has 1 aromatic heterocycles. The predicted octanol–water partition coefficient (Wildman–Crippen LogP) is 5.09. The Morgan fingerprint density at radius 3 is 2.67 bits per heavy atom. The van der Waals surface area contributed by atoms with Gasteiger partial charge in [-0.2, -0.15) is 0 Å². The standard InChI is InChI=1S/C14H14Br2N2/c1-9-6-14(17-8-13(9)16)18-10(2)11-4-3-5-12(15)7-11/h3-8,10H,1-2H3,(H,17,18). The number of aromatic nitrogens is 1. The molecule has 0 amide bonds. The molecule has 1 unspecified atom stereocenters. The van der Waals surface area contributed by atoms with E-state index in [0.717, 1.165) is 14.8 Å². The number of nitrogens with one attached hydrogen (secondary N) is 1. The molecule has 2 nitrogen and oxygen atoms in total. The van der Waals surface area contributed by atoms with Crippen LogP contribution in [0.2, 0.25) is 0 Å². The van der Waals surface area contributed by atoms with Crippen molar-refractivity contribution in [3.63, 3.8) is 0 Å². The van der Waals surface area contributed by atoms with Crippen molar-refractivity contribution in [3.05, 3.63) is 56.6 Å². The van der Waals surface area contributed by atoms with Crippen molar-refractivity contribution in [1.29, 1.82) is 0 Å². The van der Waals surface area contributed by atoms with Crippen LogP contribution in [-0.4, -0.2) is 4.98 Å². The molecule has 2 aromatic rings. The third-order valence-electron chi connectivity index (χ3n) is 2.76. The molecule has 1 atom stereocenters. The second kappa shape index (κ2) is 5.85. The number of anilines is 1. The van der Waals surface area contributed by atoms with Gasteiger partial charge in [-0.05, 0) is 59.1 Å². The zero-order chi connectivity index (χ0) is 13.1. The summed E-state index contributed by atoms with van der Waals surface area (Å²) in [6.45, 7) is 4.18. The van der Waals surface area contributed by atoms with Crippen LogP contribution in [0.25, 0.3) is 0 Å². The minimum atomic E-state index is 0.218. The largest absolute Gasteiger partial charge is 0.364 e. The van der Waals surface area contributed by atoms with Crippen LogP contribution >= 0.6 is 31.9 Å². The van der Waals surface area contributed by atoms with Crippen molar-refractivity contribution in [2.75, 3.05) is 5.32 Å². The van der Waals surface area contributed by atoms with Crippen LogP contribution in [0.5, 0.6) is 0 Å². The number of aryl methyl sites for hydroxylation is 1. The summed E-state index contributed by atoms with van der Waals surface area (Å²) in [7, 11) is 0. The highest BCUT2D eigenvalue weighted by molar-refractivity contribution is 9.10. The SMILES string of the molecule is Cc1cc(NC(C)c2cccc(Br)c2)ncc1Br. The summed E-state index contributed by atoms with van der Waals surface area (Å²) in [5.41, 5.74) is 2.40. The molecule has 1 aromatic carbocycles. The van der Waals surface area contributed by atoms with Gasteiger partial charge >= 0.3 is 0 Å². The number of benzene rings is 1. The lowest BCUT2D eigenvalue weighted by atomic mass is 10.1. The maximum absolute atomic E-state index is 4.36. The van der Waals surface area contributed by atoms with E-state index in [1.807, 2.05) is 24.4 Å². The minimum Gasteiger partial charge on any atom is -0.364 e. The molecule has 0 aliphatic rings. The van der Waals surface area contributed by atoms with Gasteiger partial charge in [-0.25, -0.2) is 4.98 Å². The van der Waals surface area contributed by atoms with Gasteiger partial charge in [0.1, 0.15) is 5.82 Å². The van der Waals surface area contributed by atoms with E-state index in [1.165, 1.54) is 11.1 Å². The fourth-order valence-electron chi connectivity index (χ4n) is 1.70. The van der Waals surface area contributed by atoms with Gasteiger partial charge in [0.25, 0.3) is 0 Å². The van der Waals surface area contributed by atoms with Crippen LogP contribution in [0.4, 0.5) is 5.82 Å². The van der Waals surface area contributed by atoms with Gasteiger partial charge in [0.2, 0.25) is 0 Å². The van der Waals surface area contributed by atoms with E-state index in [4.69, 9.17) is 0 Å². The third-order valence-corrected chi connectivity index (χ3v) is 4.08. The molecular weight excluding hydrogens is 356 g/mol. The smallest absolute Gasteiger partial charge is 0.126 e. The van der Waals surface area contributed by atoms with Gasteiger partial charge < -0.3 is 5.32 Å². The molecule has 0 saturated carbocycles. The number of halogens is 2. The zero-order valence-corrected chi connectivity index (χ0v) is 13.4. The maximum Gasteiger partial charge on any atom is 0.126 e. The molecule has 0 aliphatic carbocycles. The monoisotopic (exact) mass is 368 g/mol. The van der Waals surface area contributed by atoms with E-state index < -0.39 is 0 Å². The van der Waals surface area contributed by atoms with E-state index in [-0.39, 0.29) is 6.04 Å². The highest BCUT2D eigenvalue weighted by atomic mass is 79.9. The number of hydrogen-bond donors (Lipinski definition) is 1. The summed E-state index contributed by atoms with van der Waals surface area (Å²) < 4.78 is 2.12. The van der Waals surface area contributed by atoms with Gasteiger partial charge in [0.05, 0.1) is 0 Å². The number of rotatable bonds is 3. The average molecular weight is 370 g/mol. The van der Waals surface area contributed by atoms with Gasteiger partial charge in [-0.15, -0.1) is 0 Å². The van der Waals surface area contributed by atoms with E-state index >= 15 is 0 Å². The van der Waals surface area contributed by atoms with Crippen molar-refractivity contribution < 1.29 is 0 Å². The van der Waals surface area contributed by atoms with E-state index in [2.05, 4.69) is 68.1 Å². The van der Waals surface area contributed by atoms with E-state index in [9.17, 15) is 0 Å². The Kier molecular flexibility index (Phi) is 4.40. The van der Waals surface area contributed by atoms with Crippen molar-refractivity contribution in [3.8, 4) is 0 Å². The summed E-state index contributed by atoms with van der Waals surface area (Å²) in [4.78, 5) is 4.36. The Morgan fingerprint density at radius 2 is 2.00 bits per heavy atom. The van der Waals surface area contributed by atoms with Crippen molar-refractivity contribution in [2.45, 2.75) is 19.9 Å². The molecular formula is C14H14Br2N2. The van der Waals surface area contributed by atoms with Crippen LogP contribution in [-0.2, 0) is 0 Å². The molecule has 0 spiro atoms. The lowest BCUT2D eigenvalue weighted by Crippen LogP contribution is -2.08. The number of nitrogens with zero attached hydrogens (tertiary/aromatic N) is 1. The van der Waals surface area contributed by atoms with Gasteiger partial charge in [-0.3, -0.25) is 0 Å². The molecule has 0 aliphatic heterocycles. The van der Waals surface area contributed by atoms with Crippen molar-refractivity contribution in [1.82, 2.24) is 4.98 Å². The fourth-order valence-corrected chi connectivity index (χ4v) is 2.33. The molecule has 1 N–H and O–H groups in total. The summed E-state index contributed by atoms with van der Waals surface area (Å²) in [5, 5.41) is 3.40. The molecule has 2 rings (SSSR count). The molecule has 0 radical (unpaired) electrons. The zero-order valence-electron chi connectivity index (χ0n) is 10.2. The van der Waals surface area contributed by atoms with Crippen LogP contribution in [0.15, 0.2) is 45.5 Å². The number of pyridine rings is 1. The van der Waals surface area contributed by atoms with Crippen LogP contribution in [0.3, 0.4) is 0 Å². The Bertz CT molecular complexity index is 555. The summed E-state index contributed by atoms with van der Waals surface area (Å²) in [6, 6.07) is 10.5. The lowest BCUT2D eigenvalue weighted by molar-refractivity contribution is 0.872. The van der Waals surface area contributed by atoms with Gasteiger partial charge in [-0.1, -0.05) is 28.1 Å². The van der Waals surface area contributed by atoms with Gasteiger partial charge in [0, 0.05) is 21.2 Å². The summed E-state index contributed by atoms with van der Waals surface area (Å²) in [5.74, 6) is 0.892. The molecule has 94 valence electrons. The second-order valence-electron chi connectivity index (χ2n) is 4.24. The van der Waals surface area contributed by atoms with Crippen LogP contribution in [0, 0.1) is 6.92 Å². The molecule has 1 heterocycles. The first kappa shape index (κ1) is 13.6. The first-order chi connectivity index (χ1) is 8.56. The first-order valence-corrected chi connectivity index (χ1v) is 7.29. The Hall–Kier alpha value is -0.870. The average Bonchev–Trinajstić information content (AvgIpc) is 2.34. The van der Waals surface area contributed by atoms with E-state index in [1.54, 1.807) is 0 Å². The first-order valence-electron chi connectivity index (χ1n) is 5.70. The maximum atomic E-state index is 4.36. The molecule has 4 heteroatoms. The third kappa shape index (κ3) is 3.33. The summed E-state index contributed by atoms with van der Waals surface area (Å²) in [6.07, 6.45) is 1.82. The lowest BCUT2D eigenvalue weighted by Gasteiger charge is -2.15. The van der Waals surface area contributed by atoms with Gasteiger partial charge in [0.15, 0.2) is 0 Å². The Morgan fingerprint density at radius 1 is 1.22 bits per heavy atom. The Balaban J connectivity index is 2.16. The van der Waals surface area contributed by atoms with Crippen molar-refractivity contribution in [2.24, 2.45) is 0 Å². The topological polar surface area (TPSA) is 24.9 Å². The fraction of sp³-hybridized carbons (Fsp3) is 0.214.